The van der Waals surface area contributed by atoms with Gasteiger partial charge in [0.1, 0.15) is 17.1 Å². The summed E-state index contributed by atoms with van der Waals surface area (Å²) in [6.45, 7) is 4.16. The molecule has 1 aliphatic heterocycles. The first-order valence-electron chi connectivity index (χ1n) is 11.1. The molecule has 2 aliphatic rings. The average molecular weight is 403 g/mol. The highest BCUT2D eigenvalue weighted by Crippen LogP contribution is 2.46. The molecule has 0 spiro atoms. The van der Waals surface area contributed by atoms with Crippen LogP contribution in [0.2, 0.25) is 0 Å². The van der Waals surface area contributed by atoms with Crippen LogP contribution >= 0.6 is 0 Å². The summed E-state index contributed by atoms with van der Waals surface area (Å²) in [5.74, 6) is 2.38. The second-order valence-electron chi connectivity index (χ2n) is 9.12. The van der Waals surface area contributed by atoms with Crippen molar-refractivity contribution < 1.29 is 9.47 Å². The third-order valence-electron chi connectivity index (χ3n) is 6.61. The Morgan fingerprint density at radius 3 is 2.70 bits per heavy atom. The van der Waals surface area contributed by atoms with Crippen molar-refractivity contribution in [1.29, 1.82) is 0 Å². The van der Waals surface area contributed by atoms with E-state index in [9.17, 15) is 0 Å². The van der Waals surface area contributed by atoms with Crippen molar-refractivity contribution in [2.24, 2.45) is 5.92 Å². The van der Waals surface area contributed by atoms with Crippen LogP contribution in [0.5, 0.6) is 11.5 Å². The summed E-state index contributed by atoms with van der Waals surface area (Å²) in [4.78, 5) is 4.71. The molecule has 0 radical (unpaired) electrons. The van der Waals surface area contributed by atoms with Gasteiger partial charge in [-0.1, -0.05) is 31.4 Å². The molecule has 30 heavy (non-hydrogen) atoms. The molecule has 4 heteroatoms. The number of methoxy groups -OCH3 is 1. The van der Waals surface area contributed by atoms with Crippen molar-refractivity contribution in [1.82, 2.24) is 9.55 Å². The smallest absolute Gasteiger partial charge is 0.135 e. The highest BCUT2D eigenvalue weighted by atomic mass is 16.5. The average Bonchev–Trinajstić information content (AvgIpc) is 3.18. The zero-order chi connectivity index (χ0) is 20.7. The zero-order valence-corrected chi connectivity index (χ0v) is 18.1. The van der Waals surface area contributed by atoms with Gasteiger partial charge in [0.2, 0.25) is 0 Å². The molecule has 1 aromatic heterocycles. The molecular weight excluding hydrogens is 372 g/mol. The lowest BCUT2D eigenvalue weighted by atomic mass is 9.80. The number of hydrogen-bond acceptors (Lipinski definition) is 3. The molecule has 4 nitrogen and oxygen atoms in total. The Labute approximate surface area is 178 Å². The molecule has 5 rings (SSSR count). The van der Waals surface area contributed by atoms with E-state index in [1.165, 1.54) is 43.2 Å². The molecule has 2 heterocycles. The first-order valence-corrected chi connectivity index (χ1v) is 11.1. The molecule has 0 N–H and O–H groups in total. The van der Waals surface area contributed by atoms with Gasteiger partial charge >= 0.3 is 0 Å². The summed E-state index contributed by atoms with van der Waals surface area (Å²) in [7, 11) is 1.77. The number of benzene rings is 2. The molecule has 2 aromatic carbocycles. The third-order valence-corrected chi connectivity index (χ3v) is 6.61. The summed E-state index contributed by atoms with van der Waals surface area (Å²) in [6, 6.07) is 12.9. The Hall–Kier alpha value is -2.75. The number of imidazole rings is 1. The Morgan fingerprint density at radius 1 is 1.10 bits per heavy atom. The lowest BCUT2D eigenvalue weighted by Crippen LogP contribution is -2.28. The van der Waals surface area contributed by atoms with Crippen LogP contribution in [0.15, 0.2) is 48.8 Å². The molecular formula is C26H30N2O2. The van der Waals surface area contributed by atoms with Gasteiger partial charge in [0.05, 0.1) is 36.1 Å². The van der Waals surface area contributed by atoms with Crippen LogP contribution in [-0.4, -0.2) is 22.3 Å². The maximum Gasteiger partial charge on any atom is 0.135 e. The largest absolute Gasteiger partial charge is 0.496 e. The zero-order valence-electron chi connectivity index (χ0n) is 18.1. The van der Waals surface area contributed by atoms with Crippen LogP contribution in [0.1, 0.15) is 63.1 Å². The minimum absolute atomic E-state index is 0.196. The van der Waals surface area contributed by atoms with E-state index in [1.54, 1.807) is 7.11 Å². The van der Waals surface area contributed by atoms with E-state index in [1.807, 2.05) is 6.33 Å². The van der Waals surface area contributed by atoms with Crippen LogP contribution in [0.4, 0.5) is 0 Å². The first-order chi connectivity index (χ1) is 14.6. The predicted octanol–water partition coefficient (Wildman–Crippen LogP) is 6.40. The predicted molar refractivity (Wildman–Crippen MR) is 121 cm³/mol. The molecule has 0 bridgehead atoms. The molecule has 1 atom stereocenters. The first kappa shape index (κ1) is 19.2. The van der Waals surface area contributed by atoms with Gasteiger partial charge in [-0.15, -0.1) is 0 Å². The second-order valence-corrected chi connectivity index (χ2v) is 9.12. The Bertz CT molecular complexity index is 1090. The standard InChI is InChI=1S/C26H30N2O2/c1-26(2)16-15-19-23(30-26)14-13-20(25(19)29-3)24(18-9-5-4-6-10-18)28-17-27-21-11-7-8-12-22(21)28/h7-8,11-18,24H,4-6,9-10H2,1-3H3. The Balaban J connectivity index is 1.69. The molecule has 3 aromatic rings. The fourth-order valence-electron chi connectivity index (χ4n) is 5.19. The summed E-state index contributed by atoms with van der Waals surface area (Å²) >= 11 is 0. The van der Waals surface area contributed by atoms with E-state index >= 15 is 0 Å². The van der Waals surface area contributed by atoms with Crippen molar-refractivity contribution in [3.05, 3.63) is 59.9 Å². The van der Waals surface area contributed by atoms with E-state index < -0.39 is 0 Å². The lowest BCUT2D eigenvalue weighted by Gasteiger charge is -2.35. The Morgan fingerprint density at radius 2 is 1.90 bits per heavy atom. The van der Waals surface area contributed by atoms with Gasteiger partial charge in [0.25, 0.3) is 0 Å². The molecule has 0 saturated heterocycles. The van der Waals surface area contributed by atoms with Gasteiger partial charge in [-0.2, -0.15) is 0 Å². The highest BCUT2D eigenvalue weighted by molar-refractivity contribution is 5.76. The van der Waals surface area contributed by atoms with E-state index in [2.05, 4.69) is 67.0 Å². The fourth-order valence-corrected chi connectivity index (χ4v) is 5.19. The van der Waals surface area contributed by atoms with Crippen LogP contribution in [0.3, 0.4) is 0 Å². The fraction of sp³-hybridized carbons (Fsp3) is 0.423. The van der Waals surface area contributed by atoms with Crippen LogP contribution in [-0.2, 0) is 0 Å². The summed E-state index contributed by atoms with van der Waals surface area (Å²) < 4.78 is 14.6. The van der Waals surface area contributed by atoms with Gasteiger partial charge in [-0.25, -0.2) is 4.98 Å². The minimum Gasteiger partial charge on any atom is -0.496 e. The highest BCUT2D eigenvalue weighted by Gasteiger charge is 2.33. The Kier molecular flexibility index (Phi) is 4.80. The van der Waals surface area contributed by atoms with E-state index in [0.29, 0.717) is 5.92 Å². The van der Waals surface area contributed by atoms with E-state index in [0.717, 1.165) is 22.6 Å². The van der Waals surface area contributed by atoms with Crippen molar-refractivity contribution in [2.45, 2.75) is 57.6 Å². The lowest BCUT2D eigenvalue weighted by molar-refractivity contribution is 0.158. The maximum atomic E-state index is 6.22. The van der Waals surface area contributed by atoms with Gasteiger partial charge in [-0.05, 0) is 69.0 Å². The second kappa shape index (κ2) is 7.50. The SMILES string of the molecule is COc1c(C(C2CCCCC2)n2cnc3ccccc32)ccc2c1C=CC(C)(C)O2. The van der Waals surface area contributed by atoms with Crippen molar-refractivity contribution in [3.8, 4) is 11.5 Å². The summed E-state index contributed by atoms with van der Waals surface area (Å²) in [5, 5.41) is 0. The molecule has 1 aliphatic carbocycles. The number of nitrogens with zero attached hydrogens (tertiary/aromatic N) is 2. The number of ether oxygens (including phenoxy) is 2. The van der Waals surface area contributed by atoms with Crippen molar-refractivity contribution >= 4 is 17.1 Å². The van der Waals surface area contributed by atoms with Crippen molar-refractivity contribution in [2.75, 3.05) is 7.11 Å². The number of para-hydroxylation sites is 2. The number of hydrogen-bond donors (Lipinski definition) is 0. The topological polar surface area (TPSA) is 36.3 Å². The maximum absolute atomic E-state index is 6.22. The number of aromatic nitrogens is 2. The minimum atomic E-state index is -0.303. The third kappa shape index (κ3) is 3.28. The van der Waals surface area contributed by atoms with E-state index in [4.69, 9.17) is 14.5 Å². The quantitative estimate of drug-likeness (QED) is 0.507. The molecule has 1 saturated carbocycles. The van der Waals surface area contributed by atoms with Crippen LogP contribution in [0.25, 0.3) is 17.1 Å². The van der Waals surface area contributed by atoms with Gasteiger partial charge in [0, 0.05) is 5.56 Å². The van der Waals surface area contributed by atoms with Gasteiger partial charge in [-0.3, -0.25) is 0 Å². The molecule has 1 unspecified atom stereocenters. The monoisotopic (exact) mass is 402 g/mol. The normalized spacial score (nSPS) is 19.3. The molecule has 0 amide bonds. The molecule has 156 valence electrons. The summed E-state index contributed by atoms with van der Waals surface area (Å²) in [6.07, 6.45) is 12.7. The van der Waals surface area contributed by atoms with Gasteiger partial charge < -0.3 is 14.0 Å². The number of fused-ring (bicyclic) bond motifs is 2. The van der Waals surface area contributed by atoms with Crippen LogP contribution in [0, 0.1) is 5.92 Å². The van der Waals surface area contributed by atoms with Gasteiger partial charge in [0.15, 0.2) is 0 Å². The number of rotatable bonds is 4. The van der Waals surface area contributed by atoms with Crippen molar-refractivity contribution in [3.63, 3.8) is 0 Å². The molecule has 1 fully saturated rings. The van der Waals surface area contributed by atoms with E-state index in [-0.39, 0.29) is 11.6 Å². The van der Waals surface area contributed by atoms with Crippen LogP contribution < -0.4 is 9.47 Å². The summed E-state index contributed by atoms with van der Waals surface area (Å²) in [5.41, 5.74) is 4.18.